The van der Waals surface area contributed by atoms with E-state index in [1.54, 1.807) is 0 Å². The Balaban J connectivity index is 1.77. The normalized spacial score (nSPS) is 32.5. The summed E-state index contributed by atoms with van der Waals surface area (Å²) in [5, 5.41) is 21.7. The Hall–Kier alpha value is -0.520. The van der Waals surface area contributed by atoms with Crippen LogP contribution in [0.4, 0.5) is 0 Å². The summed E-state index contributed by atoms with van der Waals surface area (Å²) in [5.41, 5.74) is 0. The Morgan fingerprint density at radius 1 is 1.31 bits per heavy atom. The zero-order valence-corrected chi connectivity index (χ0v) is 17.1. The Labute approximate surface area is 162 Å². The maximum Gasteiger partial charge on any atom is 0.305 e. The minimum atomic E-state index is -0.380. The first-order valence-corrected chi connectivity index (χ1v) is 11.3. The first kappa shape index (κ1) is 21.8. The van der Waals surface area contributed by atoms with Crippen LogP contribution in [0.2, 0.25) is 0 Å². The van der Waals surface area contributed by atoms with E-state index < -0.39 is 0 Å². The molecule has 0 bridgehead atoms. The van der Waals surface area contributed by atoms with Crippen molar-refractivity contribution >= 4 is 17.7 Å². The summed E-state index contributed by atoms with van der Waals surface area (Å²) in [6, 6.07) is 0. The van der Waals surface area contributed by atoms with Crippen LogP contribution in [0, 0.1) is 11.8 Å². The lowest BCUT2D eigenvalue weighted by atomic mass is 9.88. The molecule has 2 N–H and O–H groups in total. The average molecular weight is 385 g/mol. The summed E-state index contributed by atoms with van der Waals surface area (Å²) in [6.07, 6.45) is 13.1. The van der Waals surface area contributed by atoms with Gasteiger partial charge in [-0.05, 0) is 44.4 Å². The van der Waals surface area contributed by atoms with Crippen molar-refractivity contribution in [2.45, 2.75) is 93.8 Å². The lowest BCUT2D eigenvalue weighted by Gasteiger charge is -2.33. The zero-order chi connectivity index (χ0) is 18.9. The van der Waals surface area contributed by atoms with Gasteiger partial charge in [0.05, 0.1) is 19.3 Å². The summed E-state index contributed by atoms with van der Waals surface area (Å²) in [7, 11) is 1.44. The highest BCUT2D eigenvalue weighted by molar-refractivity contribution is 8.00. The van der Waals surface area contributed by atoms with Gasteiger partial charge in [-0.15, -0.1) is 0 Å². The van der Waals surface area contributed by atoms with Crippen molar-refractivity contribution in [1.82, 2.24) is 0 Å². The molecule has 4 nitrogen and oxygen atoms in total. The van der Waals surface area contributed by atoms with Crippen molar-refractivity contribution in [2.24, 2.45) is 11.8 Å². The number of hydrogen-bond acceptors (Lipinski definition) is 5. The number of hydrogen-bond donors (Lipinski definition) is 2. The van der Waals surface area contributed by atoms with Crippen LogP contribution in [0.1, 0.15) is 71.1 Å². The first-order valence-electron chi connectivity index (χ1n) is 10.3. The molecule has 1 unspecified atom stereocenters. The van der Waals surface area contributed by atoms with E-state index >= 15 is 0 Å². The van der Waals surface area contributed by atoms with Crippen molar-refractivity contribution in [1.29, 1.82) is 0 Å². The fourth-order valence-electron chi connectivity index (χ4n) is 4.35. The van der Waals surface area contributed by atoms with Gasteiger partial charge in [0.25, 0.3) is 0 Å². The average Bonchev–Trinajstić information content (AvgIpc) is 2.94. The molecule has 1 saturated carbocycles. The van der Waals surface area contributed by atoms with Crippen molar-refractivity contribution in [2.75, 3.05) is 7.11 Å². The second-order valence-electron chi connectivity index (χ2n) is 7.83. The molecule has 0 aromatic rings. The predicted molar refractivity (Wildman–Crippen MR) is 107 cm³/mol. The summed E-state index contributed by atoms with van der Waals surface area (Å²) in [4.78, 5) is 11.2. The minimum Gasteiger partial charge on any atom is -0.469 e. The smallest absolute Gasteiger partial charge is 0.305 e. The van der Waals surface area contributed by atoms with Gasteiger partial charge >= 0.3 is 5.97 Å². The van der Waals surface area contributed by atoms with E-state index in [-0.39, 0.29) is 24.1 Å². The highest BCUT2D eigenvalue weighted by atomic mass is 32.2. The molecule has 1 aliphatic heterocycles. The standard InChI is InChI=1S/C21H36O4S/c1-3-4-5-7-15(22)10-12-17-18-13-11-16(8-6-9-21(24)25-2)26-20(18)14-19(17)23/h10,12,15-20,22-23H,3-9,11,13-14H2,1-2H3/b12-10+/t15-,16?,17+,18+,19+,20+/m0/s1. The van der Waals surface area contributed by atoms with Crippen LogP contribution in [0.3, 0.4) is 0 Å². The summed E-state index contributed by atoms with van der Waals surface area (Å²) in [6.45, 7) is 2.17. The van der Waals surface area contributed by atoms with E-state index in [0.717, 1.165) is 51.4 Å². The van der Waals surface area contributed by atoms with Crippen LogP contribution < -0.4 is 0 Å². The predicted octanol–water partition coefficient (Wildman–Crippen LogP) is 4.09. The monoisotopic (exact) mass is 384 g/mol. The third kappa shape index (κ3) is 6.58. The molecule has 1 saturated heterocycles. The van der Waals surface area contributed by atoms with E-state index in [0.29, 0.717) is 22.8 Å². The number of aliphatic hydroxyl groups excluding tert-OH is 2. The molecule has 6 atom stereocenters. The van der Waals surface area contributed by atoms with Crippen LogP contribution in [-0.2, 0) is 9.53 Å². The van der Waals surface area contributed by atoms with Gasteiger partial charge in [0.2, 0.25) is 0 Å². The van der Waals surface area contributed by atoms with Crippen LogP contribution >= 0.6 is 11.8 Å². The molecule has 0 aromatic carbocycles. The number of ether oxygens (including phenoxy) is 1. The molecular formula is C21H36O4S. The van der Waals surface area contributed by atoms with Crippen LogP contribution in [0.5, 0.6) is 0 Å². The number of aliphatic hydroxyl groups is 2. The molecule has 150 valence electrons. The fraction of sp³-hybridized carbons (Fsp3) is 0.857. The quantitative estimate of drug-likeness (QED) is 0.337. The van der Waals surface area contributed by atoms with E-state index in [1.807, 2.05) is 17.8 Å². The molecule has 0 amide bonds. The van der Waals surface area contributed by atoms with Crippen LogP contribution in [0.15, 0.2) is 12.2 Å². The Kier molecular flexibility index (Phi) is 9.51. The Bertz CT molecular complexity index is 453. The molecule has 0 radical (unpaired) electrons. The third-order valence-electron chi connectivity index (χ3n) is 5.87. The number of rotatable bonds is 10. The minimum absolute atomic E-state index is 0.123. The van der Waals surface area contributed by atoms with Crippen molar-refractivity contribution < 1.29 is 19.7 Å². The largest absolute Gasteiger partial charge is 0.469 e. The maximum atomic E-state index is 11.2. The Morgan fingerprint density at radius 2 is 2.12 bits per heavy atom. The van der Waals surface area contributed by atoms with Gasteiger partial charge < -0.3 is 14.9 Å². The van der Waals surface area contributed by atoms with E-state index in [2.05, 4.69) is 13.0 Å². The fourth-order valence-corrected chi connectivity index (χ4v) is 6.24. The van der Waals surface area contributed by atoms with Crippen molar-refractivity contribution in [3.05, 3.63) is 12.2 Å². The molecule has 2 fully saturated rings. The van der Waals surface area contributed by atoms with Gasteiger partial charge in [0.15, 0.2) is 0 Å². The van der Waals surface area contributed by atoms with E-state index in [4.69, 9.17) is 4.74 Å². The molecular weight excluding hydrogens is 348 g/mol. The summed E-state index contributed by atoms with van der Waals surface area (Å²) >= 11 is 2.01. The van der Waals surface area contributed by atoms with Gasteiger partial charge in [0, 0.05) is 22.8 Å². The molecule has 1 aliphatic carbocycles. The van der Waals surface area contributed by atoms with Crippen LogP contribution in [-0.4, -0.2) is 46.0 Å². The number of fused-ring (bicyclic) bond motifs is 1. The molecule has 2 rings (SSSR count). The van der Waals surface area contributed by atoms with E-state index in [1.165, 1.54) is 13.5 Å². The number of carbonyl (C=O) groups excluding carboxylic acids is 1. The number of esters is 1. The molecule has 1 heterocycles. The summed E-state index contributed by atoms with van der Waals surface area (Å²) < 4.78 is 4.71. The van der Waals surface area contributed by atoms with Crippen molar-refractivity contribution in [3.63, 3.8) is 0 Å². The molecule has 5 heteroatoms. The highest BCUT2D eigenvalue weighted by Crippen LogP contribution is 2.49. The number of methoxy groups -OCH3 is 1. The number of thioether (sulfide) groups is 1. The lowest BCUT2D eigenvalue weighted by molar-refractivity contribution is -0.140. The summed E-state index contributed by atoms with van der Waals surface area (Å²) in [5.74, 6) is 0.581. The zero-order valence-electron chi connectivity index (χ0n) is 16.3. The van der Waals surface area contributed by atoms with Gasteiger partial charge in [0.1, 0.15) is 0 Å². The molecule has 26 heavy (non-hydrogen) atoms. The SMILES string of the molecule is CCCCC[C@H](O)/C=C/[C@@H]1[C@H]2CCC(CCCC(=O)OC)S[C@@H]2C[C@H]1O. The first-order chi connectivity index (χ1) is 12.5. The van der Waals surface area contributed by atoms with E-state index in [9.17, 15) is 15.0 Å². The maximum absolute atomic E-state index is 11.2. The topological polar surface area (TPSA) is 66.8 Å². The van der Waals surface area contributed by atoms with Gasteiger partial charge in [-0.3, -0.25) is 4.79 Å². The Morgan fingerprint density at radius 3 is 2.85 bits per heavy atom. The molecule has 0 aromatic heterocycles. The van der Waals surface area contributed by atoms with Gasteiger partial charge in [-0.1, -0.05) is 38.3 Å². The van der Waals surface area contributed by atoms with Crippen LogP contribution in [0.25, 0.3) is 0 Å². The molecule has 0 spiro atoms. The van der Waals surface area contributed by atoms with Crippen molar-refractivity contribution in [3.8, 4) is 0 Å². The third-order valence-corrected chi connectivity index (χ3v) is 7.62. The number of carbonyl (C=O) groups is 1. The highest BCUT2D eigenvalue weighted by Gasteiger charge is 2.44. The second kappa shape index (κ2) is 11.4. The molecule has 2 aliphatic rings. The lowest BCUT2D eigenvalue weighted by Crippen LogP contribution is -2.26. The van der Waals surface area contributed by atoms with Gasteiger partial charge in [-0.2, -0.15) is 11.8 Å². The van der Waals surface area contributed by atoms with Gasteiger partial charge in [-0.25, -0.2) is 0 Å². The second-order valence-corrected chi connectivity index (χ2v) is 9.38. The number of unbranched alkanes of at least 4 members (excludes halogenated alkanes) is 2.